The molecule has 0 N–H and O–H groups in total. The number of hydrogen-bond acceptors (Lipinski definition) is 5. The lowest BCUT2D eigenvalue weighted by atomic mass is 10.1. The molecule has 0 aromatic heterocycles. The highest BCUT2D eigenvalue weighted by Crippen LogP contribution is 2.45. The summed E-state index contributed by atoms with van der Waals surface area (Å²) in [5, 5.41) is 1.95. The van der Waals surface area contributed by atoms with Crippen molar-refractivity contribution >= 4 is 32.6 Å². The van der Waals surface area contributed by atoms with Crippen LogP contribution in [0.5, 0.6) is 11.5 Å². The fourth-order valence-corrected chi connectivity index (χ4v) is 8.06. The van der Waals surface area contributed by atoms with E-state index in [0.717, 1.165) is 40.5 Å². The zero-order chi connectivity index (χ0) is 20.9. The Kier molecular flexibility index (Phi) is 4.92. The van der Waals surface area contributed by atoms with Crippen LogP contribution in [-0.4, -0.2) is 39.2 Å². The van der Waals surface area contributed by atoms with Gasteiger partial charge in [-0.05, 0) is 58.5 Å². The monoisotopic (exact) mass is 441 g/mol. The third-order valence-electron chi connectivity index (χ3n) is 5.97. The molecule has 1 fully saturated rings. The Morgan fingerprint density at radius 2 is 1.83 bits per heavy atom. The maximum absolute atomic E-state index is 13.8. The van der Waals surface area contributed by atoms with Gasteiger partial charge < -0.3 is 9.47 Å². The third-order valence-corrected chi connectivity index (χ3v) is 9.31. The number of hydrogen-bond donors (Lipinski definition) is 0. The molecule has 1 atom stereocenters. The highest BCUT2D eigenvalue weighted by molar-refractivity contribution is 8.01. The highest BCUT2D eigenvalue weighted by atomic mass is 32.2. The predicted molar refractivity (Wildman–Crippen MR) is 120 cm³/mol. The van der Waals surface area contributed by atoms with Crippen LogP contribution in [0.15, 0.2) is 53.4 Å². The standard InChI is InChI=1S/C23H23NO4S2/c1-27-19-10-7-17(14-20(19)28-2)23-24(12-13-29-23)30(25,26)21-11-8-16-5-3-4-15-6-9-18(21)22(15)16/h3-5,7-8,10-11,14,23H,6,9,12-13H2,1-2H3. The number of thioether (sulfide) groups is 1. The number of sulfonamides is 1. The topological polar surface area (TPSA) is 55.8 Å². The van der Waals surface area contributed by atoms with Gasteiger partial charge in [0.1, 0.15) is 0 Å². The molecule has 156 valence electrons. The van der Waals surface area contributed by atoms with Gasteiger partial charge in [-0.2, -0.15) is 4.31 Å². The van der Waals surface area contributed by atoms with E-state index in [4.69, 9.17) is 9.47 Å². The summed E-state index contributed by atoms with van der Waals surface area (Å²) in [4.78, 5) is 0.452. The lowest BCUT2D eigenvalue weighted by molar-refractivity contribution is 0.353. The molecule has 5 nitrogen and oxygen atoms in total. The Labute approximate surface area is 181 Å². The number of ether oxygens (including phenoxy) is 2. The molecule has 3 aromatic carbocycles. The van der Waals surface area contributed by atoms with Gasteiger partial charge in [-0.3, -0.25) is 0 Å². The van der Waals surface area contributed by atoms with Crippen molar-refractivity contribution < 1.29 is 17.9 Å². The summed E-state index contributed by atoms with van der Waals surface area (Å²) in [5.74, 6) is 1.99. The maximum Gasteiger partial charge on any atom is 0.244 e. The number of rotatable bonds is 5. The summed E-state index contributed by atoms with van der Waals surface area (Å²) >= 11 is 1.64. The average Bonchev–Trinajstić information content (AvgIpc) is 3.43. The van der Waals surface area contributed by atoms with E-state index in [1.54, 1.807) is 36.4 Å². The van der Waals surface area contributed by atoms with Crippen LogP contribution in [0, 0.1) is 0 Å². The van der Waals surface area contributed by atoms with Gasteiger partial charge in [0.15, 0.2) is 11.5 Å². The summed E-state index contributed by atoms with van der Waals surface area (Å²) in [6.45, 7) is 0.491. The molecular formula is C23H23NO4S2. The van der Waals surface area contributed by atoms with Crippen molar-refractivity contribution in [2.45, 2.75) is 23.1 Å². The normalized spacial score (nSPS) is 18.8. The smallest absolute Gasteiger partial charge is 0.244 e. The molecule has 7 heteroatoms. The van der Waals surface area contributed by atoms with Crippen LogP contribution in [0.25, 0.3) is 10.8 Å². The van der Waals surface area contributed by atoms with Crippen LogP contribution in [0.4, 0.5) is 0 Å². The summed E-state index contributed by atoms with van der Waals surface area (Å²) in [6.07, 6.45) is 1.67. The van der Waals surface area contributed by atoms with E-state index in [9.17, 15) is 8.42 Å². The Morgan fingerprint density at radius 3 is 2.63 bits per heavy atom. The van der Waals surface area contributed by atoms with Crippen molar-refractivity contribution in [3.05, 3.63) is 65.2 Å². The van der Waals surface area contributed by atoms with Crippen LogP contribution in [0.3, 0.4) is 0 Å². The lowest BCUT2D eigenvalue weighted by Gasteiger charge is -2.25. The fraction of sp³-hybridized carbons (Fsp3) is 0.304. The Morgan fingerprint density at radius 1 is 1.00 bits per heavy atom. The minimum absolute atomic E-state index is 0.283. The Hall–Kier alpha value is -2.22. The van der Waals surface area contributed by atoms with Gasteiger partial charge in [-0.1, -0.05) is 30.3 Å². The first-order valence-corrected chi connectivity index (χ1v) is 12.4. The second kappa shape index (κ2) is 7.48. The zero-order valence-electron chi connectivity index (χ0n) is 16.9. The summed E-state index contributed by atoms with van der Waals surface area (Å²) in [6, 6.07) is 15.6. The molecule has 30 heavy (non-hydrogen) atoms. The molecule has 1 aliphatic carbocycles. The van der Waals surface area contributed by atoms with Crippen molar-refractivity contribution in [2.24, 2.45) is 0 Å². The summed E-state index contributed by atoms with van der Waals surface area (Å²) in [7, 11) is -0.449. The molecule has 5 rings (SSSR count). The van der Waals surface area contributed by atoms with Crippen LogP contribution in [-0.2, 0) is 22.9 Å². The second-order valence-electron chi connectivity index (χ2n) is 7.51. The molecule has 1 heterocycles. The van der Waals surface area contributed by atoms with Gasteiger partial charge in [-0.15, -0.1) is 11.8 Å². The minimum Gasteiger partial charge on any atom is -0.493 e. The van der Waals surface area contributed by atoms with E-state index in [1.807, 2.05) is 30.3 Å². The quantitative estimate of drug-likeness (QED) is 0.588. The average molecular weight is 442 g/mol. The van der Waals surface area contributed by atoms with Crippen molar-refractivity contribution in [1.82, 2.24) is 4.31 Å². The van der Waals surface area contributed by atoms with Crippen LogP contribution < -0.4 is 9.47 Å². The molecule has 3 aromatic rings. The van der Waals surface area contributed by atoms with Crippen LogP contribution in [0.2, 0.25) is 0 Å². The van der Waals surface area contributed by atoms with Gasteiger partial charge >= 0.3 is 0 Å². The van der Waals surface area contributed by atoms with Gasteiger partial charge in [0, 0.05) is 12.3 Å². The van der Waals surface area contributed by atoms with Crippen LogP contribution in [0.1, 0.15) is 22.1 Å². The van der Waals surface area contributed by atoms with Crippen molar-refractivity contribution in [3.63, 3.8) is 0 Å². The van der Waals surface area contributed by atoms with E-state index in [-0.39, 0.29) is 5.37 Å². The van der Waals surface area contributed by atoms with Gasteiger partial charge in [-0.25, -0.2) is 8.42 Å². The Balaban J connectivity index is 1.58. The van der Waals surface area contributed by atoms with Crippen molar-refractivity contribution in [3.8, 4) is 11.5 Å². The van der Waals surface area contributed by atoms with Gasteiger partial charge in [0.05, 0.1) is 24.5 Å². The lowest BCUT2D eigenvalue weighted by Crippen LogP contribution is -2.31. The van der Waals surface area contributed by atoms with Crippen LogP contribution >= 0.6 is 11.8 Å². The SMILES string of the molecule is COc1ccc(C2SCCN2S(=O)(=O)c2ccc3cccc4c3c2CC4)cc1OC. The summed E-state index contributed by atoms with van der Waals surface area (Å²) in [5.41, 5.74) is 3.11. The van der Waals surface area contributed by atoms with E-state index < -0.39 is 10.0 Å². The molecule has 0 saturated carbocycles. The number of methoxy groups -OCH3 is 2. The molecule has 1 aliphatic heterocycles. The largest absolute Gasteiger partial charge is 0.493 e. The van der Waals surface area contributed by atoms with E-state index in [1.165, 1.54) is 5.56 Å². The first kappa shape index (κ1) is 19.7. The van der Waals surface area contributed by atoms with E-state index in [2.05, 4.69) is 12.1 Å². The molecule has 0 radical (unpaired) electrons. The van der Waals surface area contributed by atoms with E-state index in [0.29, 0.717) is 22.9 Å². The number of benzene rings is 3. The van der Waals surface area contributed by atoms with Crippen molar-refractivity contribution in [1.29, 1.82) is 0 Å². The second-order valence-corrected chi connectivity index (χ2v) is 10.6. The summed E-state index contributed by atoms with van der Waals surface area (Å²) < 4.78 is 40.0. The highest BCUT2D eigenvalue weighted by Gasteiger charge is 2.39. The number of aryl methyl sites for hydroxylation is 2. The minimum atomic E-state index is -3.63. The van der Waals surface area contributed by atoms with Gasteiger partial charge in [0.2, 0.25) is 10.0 Å². The molecule has 0 bridgehead atoms. The maximum atomic E-state index is 13.8. The first-order valence-electron chi connectivity index (χ1n) is 9.93. The third kappa shape index (κ3) is 2.99. The molecule has 0 spiro atoms. The number of nitrogens with zero attached hydrogens (tertiary/aromatic N) is 1. The predicted octanol–water partition coefficient (Wildman–Crippen LogP) is 4.39. The van der Waals surface area contributed by atoms with E-state index >= 15 is 0 Å². The van der Waals surface area contributed by atoms with Crippen molar-refractivity contribution in [2.75, 3.05) is 26.5 Å². The molecule has 1 unspecified atom stereocenters. The molecule has 1 saturated heterocycles. The zero-order valence-corrected chi connectivity index (χ0v) is 18.6. The Bertz CT molecular complexity index is 1240. The molecule has 0 amide bonds. The van der Waals surface area contributed by atoms with Gasteiger partial charge in [0.25, 0.3) is 0 Å². The molecular weight excluding hydrogens is 418 g/mol. The first-order chi connectivity index (χ1) is 14.5. The fourth-order valence-electron chi connectivity index (χ4n) is 4.57. The molecule has 2 aliphatic rings.